The van der Waals surface area contributed by atoms with Crippen LogP contribution in [0, 0.1) is 0 Å². The van der Waals surface area contributed by atoms with E-state index in [1.165, 1.54) is 11.1 Å². The maximum atomic E-state index is 13.3. The van der Waals surface area contributed by atoms with E-state index in [1.54, 1.807) is 9.58 Å². The summed E-state index contributed by atoms with van der Waals surface area (Å²) in [6.45, 7) is 2.48. The quantitative estimate of drug-likeness (QED) is 0.806. The Labute approximate surface area is 176 Å². The molecule has 1 atom stereocenters. The second-order valence-corrected chi connectivity index (χ2v) is 8.61. The molecule has 1 aromatic carbocycles. The fraction of sp³-hybridized carbons (Fsp3) is 0.545. The number of piperidine rings is 1. The summed E-state index contributed by atoms with van der Waals surface area (Å²) >= 11 is 0. The highest BCUT2D eigenvalue weighted by atomic mass is 16.2. The maximum Gasteiger partial charge on any atom is 0.278 e. The van der Waals surface area contributed by atoms with Gasteiger partial charge in [0.05, 0.1) is 5.69 Å². The van der Waals surface area contributed by atoms with Crippen LogP contribution in [-0.4, -0.2) is 58.4 Å². The molecule has 8 nitrogen and oxygen atoms in total. The number of aromatic nitrogens is 3. The summed E-state index contributed by atoms with van der Waals surface area (Å²) in [6, 6.07) is 5.73. The molecule has 30 heavy (non-hydrogen) atoms. The minimum Gasteiger partial charge on any atom is -0.344 e. The Morgan fingerprint density at radius 1 is 1.20 bits per heavy atom. The van der Waals surface area contributed by atoms with Gasteiger partial charge in [0.2, 0.25) is 5.91 Å². The summed E-state index contributed by atoms with van der Waals surface area (Å²) < 4.78 is 1.74. The van der Waals surface area contributed by atoms with Crippen molar-refractivity contribution in [3.8, 4) is 0 Å². The van der Waals surface area contributed by atoms with Crippen molar-refractivity contribution in [2.24, 2.45) is 0 Å². The lowest BCUT2D eigenvalue weighted by molar-refractivity contribution is -0.129. The van der Waals surface area contributed by atoms with Crippen molar-refractivity contribution in [2.45, 2.75) is 50.5 Å². The van der Waals surface area contributed by atoms with Crippen molar-refractivity contribution < 1.29 is 9.59 Å². The Morgan fingerprint density at radius 2 is 2.03 bits per heavy atom. The highest BCUT2D eigenvalue weighted by molar-refractivity contribution is 6.04. The Bertz CT molecular complexity index is 978. The number of carbonyl (C=O) groups is 2. The predicted octanol–water partition coefficient (Wildman–Crippen LogP) is 1.89. The monoisotopic (exact) mass is 408 g/mol. The Balaban J connectivity index is 1.49. The smallest absolute Gasteiger partial charge is 0.278 e. The van der Waals surface area contributed by atoms with Crippen LogP contribution in [0.3, 0.4) is 0 Å². The molecule has 2 N–H and O–H groups in total. The van der Waals surface area contributed by atoms with Crippen LogP contribution >= 0.6 is 0 Å². The zero-order valence-corrected chi connectivity index (χ0v) is 17.4. The zero-order valence-electron chi connectivity index (χ0n) is 17.4. The molecule has 1 aliphatic carbocycles. The first-order chi connectivity index (χ1) is 14.6. The minimum absolute atomic E-state index is 0.0444. The molecule has 1 unspecified atom stereocenters. The molecular formula is C22H28N6O2. The number of aryl methyl sites for hydroxylation is 1. The predicted molar refractivity (Wildman–Crippen MR) is 113 cm³/mol. The number of rotatable bonds is 4. The number of carbonyl (C=O) groups excluding carboxylic acids is 2. The van der Waals surface area contributed by atoms with Crippen molar-refractivity contribution >= 4 is 17.5 Å². The second-order valence-electron chi connectivity index (χ2n) is 8.61. The summed E-state index contributed by atoms with van der Waals surface area (Å²) in [5, 5.41) is 15.1. The molecule has 2 saturated heterocycles. The van der Waals surface area contributed by atoms with E-state index >= 15 is 0 Å². The summed E-state index contributed by atoms with van der Waals surface area (Å²) in [5.74, 6) is -0.0148. The van der Waals surface area contributed by atoms with Crippen molar-refractivity contribution in [3.63, 3.8) is 0 Å². The zero-order chi connectivity index (χ0) is 20.7. The van der Waals surface area contributed by atoms with Crippen molar-refractivity contribution in [1.82, 2.24) is 25.2 Å². The molecule has 3 aliphatic rings. The highest BCUT2D eigenvalue weighted by Gasteiger charge is 2.37. The van der Waals surface area contributed by atoms with Crippen molar-refractivity contribution in [2.75, 3.05) is 32.0 Å². The molecule has 1 aromatic heterocycles. The molecule has 8 heteroatoms. The van der Waals surface area contributed by atoms with Gasteiger partial charge >= 0.3 is 0 Å². The number of hydrogen-bond donors (Lipinski definition) is 2. The Morgan fingerprint density at radius 3 is 2.80 bits per heavy atom. The van der Waals surface area contributed by atoms with Crippen LogP contribution in [0.2, 0.25) is 0 Å². The topological polar surface area (TPSA) is 92.2 Å². The highest BCUT2D eigenvalue weighted by Crippen LogP contribution is 2.33. The SMILES string of the molecule is CN1CCC(n2nnc(C(=O)Nc3cccc4c3CCC4)c2C2CCNCC2)C1=O. The van der Waals surface area contributed by atoms with Gasteiger partial charge in [-0.2, -0.15) is 0 Å². The van der Waals surface area contributed by atoms with Gasteiger partial charge in [-0.15, -0.1) is 5.10 Å². The standard InChI is InChI=1S/C22H28N6O2/c1-27-13-10-18(22(27)30)28-20(15-8-11-23-12-9-15)19(25-26-28)21(29)24-17-7-3-5-14-4-2-6-16(14)17/h3,5,7,15,18,23H,2,4,6,8-13H2,1H3,(H,24,29). The molecule has 5 rings (SSSR count). The van der Waals surface area contributed by atoms with Gasteiger partial charge < -0.3 is 15.5 Å². The van der Waals surface area contributed by atoms with E-state index < -0.39 is 0 Å². The minimum atomic E-state index is -0.366. The van der Waals surface area contributed by atoms with E-state index in [0.717, 1.165) is 56.6 Å². The third kappa shape index (κ3) is 3.29. The number of benzene rings is 1. The van der Waals surface area contributed by atoms with Crippen LogP contribution < -0.4 is 10.6 Å². The first kappa shape index (κ1) is 19.2. The molecule has 2 aliphatic heterocycles. The van der Waals surface area contributed by atoms with Gasteiger partial charge in [0.1, 0.15) is 6.04 Å². The van der Waals surface area contributed by atoms with Crippen LogP contribution in [0.25, 0.3) is 0 Å². The third-order valence-electron chi connectivity index (χ3n) is 6.76. The van der Waals surface area contributed by atoms with Gasteiger partial charge in [-0.1, -0.05) is 17.3 Å². The fourth-order valence-corrected chi connectivity index (χ4v) is 5.12. The van der Waals surface area contributed by atoms with Crippen LogP contribution in [0.5, 0.6) is 0 Å². The number of anilines is 1. The maximum absolute atomic E-state index is 13.3. The largest absolute Gasteiger partial charge is 0.344 e. The normalized spacial score (nSPS) is 21.8. The number of fused-ring (bicyclic) bond motifs is 1. The van der Waals surface area contributed by atoms with Crippen LogP contribution in [0.1, 0.15) is 65.0 Å². The van der Waals surface area contributed by atoms with Crippen LogP contribution in [-0.2, 0) is 17.6 Å². The van der Waals surface area contributed by atoms with Gasteiger partial charge in [-0.05, 0) is 68.8 Å². The van der Waals surface area contributed by atoms with Crippen molar-refractivity contribution in [3.05, 3.63) is 40.7 Å². The van der Waals surface area contributed by atoms with Gasteiger partial charge in [-0.25, -0.2) is 4.68 Å². The van der Waals surface area contributed by atoms with E-state index in [1.807, 2.05) is 19.2 Å². The lowest BCUT2D eigenvalue weighted by atomic mass is 9.92. The van der Waals surface area contributed by atoms with E-state index in [9.17, 15) is 9.59 Å². The van der Waals surface area contributed by atoms with Gasteiger partial charge in [0.15, 0.2) is 5.69 Å². The molecule has 158 valence electrons. The molecule has 0 radical (unpaired) electrons. The Hall–Kier alpha value is -2.74. The summed E-state index contributed by atoms with van der Waals surface area (Å²) in [4.78, 5) is 27.7. The molecule has 2 aromatic rings. The number of amides is 2. The number of nitrogens with one attached hydrogen (secondary N) is 2. The summed E-state index contributed by atoms with van der Waals surface area (Å²) in [7, 11) is 1.81. The van der Waals surface area contributed by atoms with E-state index in [-0.39, 0.29) is 23.8 Å². The Kier molecular flexibility index (Phi) is 5.02. The fourth-order valence-electron chi connectivity index (χ4n) is 5.12. The van der Waals surface area contributed by atoms with Gasteiger partial charge in [0.25, 0.3) is 5.91 Å². The first-order valence-corrected chi connectivity index (χ1v) is 11.0. The molecule has 0 bridgehead atoms. The average Bonchev–Trinajstić information content (AvgIpc) is 3.48. The van der Waals surface area contributed by atoms with Gasteiger partial charge in [0, 0.05) is 25.2 Å². The van der Waals surface area contributed by atoms with E-state index in [4.69, 9.17) is 0 Å². The number of likely N-dealkylation sites (N-methyl/N-ethyl adjacent to an activating group) is 1. The van der Waals surface area contributed by atoms with Crippen LogP contribution in [0.4, 0.5) is 5.69 Å². The summed E-state index contributed by atoms with van der Waals surface area (Å²) in [5.41, 5.74) is 4.59. The first-order valence-electron chi connectivity index (χ1n) is 11.0. The molecule has 2 fully saturated rings. The van der Waals surface area contributed by atoms with E-state index in [0.29, 0.717) is 18.7 Å². The number of hydrogen-bond acceptors (Lipinski definition) is 5. The molecule has 0 saturated carbocycles. The van der Waals surface area contributed by atoms with Crippen LogP contribution in [0.15, 0.2) is 18.2 Å². The number of nitrogens with zero attached hydrogens (tertiary/aromatic N) is 4. The molecule has 0 spiro atoms. The summed E-state index contributed by atoms with van der Waals surface area (Å²) in [6.07, 6.45) is 5.69. The second kappa shape index (κ2) is 7.83. The third-order valence-corrected chi connectivity index (χ3v) is 6.76. The number of likely N-dealkylation sites (tertiary alicyclic amines) is 1. The van der Waals surface area contributed by atoms with E-state index in [2.05, 4.69) is 27.0 Å². The molecular weight excluding hydrogens is 380 g/mol. The lowest BCUT2D eigenvalue weighted by Gasteiger charge is -2.25. The lowest BCUT2D eigenvalue weighted by Crippen LogP contribution is -2.31. The van der Waals surface area contributed by atoms with Gasteiger partial charge in [-0.3, -0.25) is 9.59 Å². The molecule has 2 amide bonds. The average molecular weight is 409 g/mol. The molecule has 3 heterocycles. The van der Waals surface area contributed by atoms with Crippen molar-refractivity contribution in [1.29, 1.82) is 0 Å².